The van der Waals surface area contributed by atoms with E-state index >= 15 is 0 Å². The maximum Gasteiger partial charge on any atom is 0.323 e. The Hall–Kier alpha value is -2.57. The van der Waals surface area contributed by atoms with Gasteiger partial charge in [-0.25, -0.2) is 4.79 Å². The fourth-order valence-electron chi connectivity index (χ4n) is 3.22. The van der Waals surface area contributed by atoms with E-state index in [9.17, 15) is 9.59 Å². The Morgan fingerprint density at radius 3 is 2.18 bits per heavy atom. The molecule has 0 aliphatic carbocycles. The minimum Gasteiger partial charge on any atom is -0.326 e. The molecule has 1 aliphatic rings. The van der Waals surface area contributed by atoms with Gasteiger partial charge in [-0.15, -0.1) is 12.4 Å². The molecule has 1 aliphatic heterocycles. The number of amides is 3. The molecule has 28 heavy (non-hydrogen) atoms. The Balaban J connectivity index is 0.00000280. The Kier molecular flexibility index (Phi) is 8.78. The highest BCUT2D eigenvalue weighted by Crippen LogP contribution is 2.19. The van der Waals surface area contributed by atoms with Crippen LogP contribution in [0, 0.1) is 5.92 Å². The SMILES string of the molecule is Cl.O=C(CCC1CCNCC1)Nc1cccc(NC(=O)Nc2ccccc2)c1. The molecule has 7 heteroatoms. The maximum atomic E-state index is 12.2. The summed E-state index contributed by atoms with van der Waals surface area (Å²) in [7, 11) is 0. The van der Waals surface area contributed by atoms with E-state index in [4.69, 9.17) is 0 Å². The van der Waals surface area contributed by atoms with Crippen molar-refractivity contribution < 1.29 is 9.59 Å². The molecule has 0 aromatic heterocycles. The van der Waals surface area contributed by atoms with Gasteiger partial charge in [-0.05, 0) is 68.6 Å². The van der Waals surface area contributed by atoms with Gasteiger partial charge in [-0.2, -0.15) is 0 Å². The second kappa shape index (κ2) is 11.3. The number of halogens is 1. The first-order chi connectivity index (χ1) is 13.2. The molecule has 1 fully saturated rings. The molecule has 0 radical (unpaired) electrons. The van der Waals surface area contributed by atoms with Crippen LogP contribution in [0.3, 0.4) is 0 Å². The minimum atomic E-state index is -0.324. The van der Waals surface area contributed by atoms with Crippen LogP contribution in [0.4, 0.5) is 21.9 Å². The highest BCUT2D eigenvalue weighted by molar-refractivity contribution is 6.00. The van der Waals surface area contributed by atoms with Gasteiger partial charge in [-0.1, -0.05) is 24.3 Å². The lowest BCUT2D eigenvalue weighted by molar-refractivity contribution is -0.116. The van der Waals surface area contributed by atoms with E-state index in [0.29, 0.717) is 23.7 Å². The van der Waals surface area contributed by atoms with E-state index in [1.54, 1.807) is 18.2 Å². The molecule has 4 N–H and O–H groups in total. The van der Waals surface area contributed by atoms with Gasteiger partial charge in [0, 0.05) is 23.5 Å². The molecule has 2 aromatic rings. The molecule has 3 rings (SSSR count). The molecule has 0 spiro atoms. The van der Waals surface area contributed by atoms with E-state index in [1.165, 1.54) is 0 Å². The van der Waals surface area contributed by atoms with Gasteiger partial charge in [0.25, 0.3) is 0 Å². The fraction of sp³-hybridized carbons (Fsp3) is 0.333. The largest absolute Gasteiger partial charge is 0.326 e. The predicted octanol–water partition coefficient (Wildman–Crippen LogP) is 4.47. The van der Waals surface area contributed by atoms with Crippen molar-refractivity contribution in [3.63, 3.8) is 0 Å². The third kappa shape index (κ3) is 7.21. The van der Waals surface area contributed by atoms with Crippen molar-refractivity contribution in [2.45, 2.75) is 25.7 Å². The zero-order valence-corrected chi connectivity index (χ0v) is 16.6. The molecule has 1 heterocycles. The Morgan fingerprint density at radius 2 is 1.46 bits per heavy atom. The van der Waals surface area contributed by atoms with E-state index < -0.39 is 0 Å². The number of carbonyl (C=O) groups excluding carboxylic acids is 2. The highest BCUT2D eigenvalue weighted by Gasteiger charge is 2.14. The number of para-hydroxylation sites is 1. The number of anilines is 3. The monoisotopic (exact) mass is 402 g/mol. The normalized spacial score (nSPS) is 13.9. The first-order valence-electron chi connectivity index (χ1n) is 9.43. The summed E-state index contributed by atoms with van der Waals surface area (Å²) in [5, 5.41) is 11.8. The zero-order valence-electron chi connectivity index (χ0n) is 15.7. The van der Waals surface area contributed by atoms with Gasteiger partial charge in [-0.3, -0.25) is 4.79 Å². The van der Waals surface area contributed by atoms with E-state index in [2.05, 4.69) is 21.3 Å². The van der Waals surface area contributed by atoms with Crippen molar-refractivity contribution in [3.05, 3.63) is 54.6 Å². The molecule has 0 bridgehead atoms. The lowest BCUT2D eigenvalue weighted by Gasteiger charge is -2.22. The summed E-state index contributed by atoms with van der Waals surface area (Å²) in [5.74, 6) is 0.645. The molecule has 0 saturated carbocycles. The third-order valence-electron chi connectivity index (χ3n) is 4.67. The Morgan fingerprint density at radius 1 is 0.857 bits per heavy atom. The van der Waals surface area contributed by atoms with Crippen LogP contribution in [0.2, 0.25) is 0 Å². The fourth-order valence-corrected chi connectivity index (χ4v) is 3.22. The average molecular weight is 403 g/mol. The van der Waals surface area contributed by atoms with Crippen LogP contribution in [-0.2, 0) is 4.79 Å². The van der Waals surface area contributed by atoms with Crippen LogP contribution in [-0.4, -0.2) is 25.0 Å². The number of benzene rings is 2. The van der Waals surface area contributed by atoms with Crippen molar-refractivity contribution in [2.24, 2.45) is 5.92 Å². The number of rotatable bonds is 6. The first kappa shape index (κ1) is 21.7. The van der Waals surface area contributed by atoms with Gasteiger partial charge < -0.3 is 21.3 Å². The Bertz CT molecular complexity index is 764. The molecular weight excluding hydrogens is 376 g/mol. The minimum absolute atomic E-state index is 0. The number of hydrogen-bond acceptors (Lipinski definition) is 3. The molecule has 0 atom stereocenters. The molecule has 3 amide bonds. The molecule has 150 valence electrons. The van der Waals surface area contributed by atoms with Crippen LogP contribution in [0.15, 0.2) is 54.6 Å². The predicted molar refractivity (Wildman–Crippen MR) is 116 cm³/mol. The van der Waals surface area contributed by atoms with Crippen molar-refractivity contribution in [1.82, 2.24) is 5.32 Å². The molecule has 6 nitrogen and oxygen atoms in total. The number of nitrogens with one attached hydrogen (secondary N) is 4. The molecular formula is C21H27ClN4O2. The van der Waals surface area contributed by atoms with Crippen molar-refractivity contribution in [3.8, 4) is 0 Å². The smallest absolute Gasteiger partial charge is 0.323 e. The summed E-state index contributed by atoms with van der Waals surface area (Å²) < 4.78 is 0. The maximum absolute atomic E-state index is 12.2. The summed E-state index contributed by atoms with van der Waals surface area (Å²) in [6.07, 6.45) is 3.73. The summed E-state index contributed by atoms with van der Waals surface area (Å²) >= 11 is 0. The van der Waals surface area contributed by atoms with Gasteiger partial charge in [0.2, 0.25) is 5.91 Å². The lowest BCUT2D eigenvalue weighted by Crippen LogP contribution is -2.28. The van der Waals surface area contributed by atoms with Crippen LogP contribution in [0.25, 0.3) is 0 Å². The van der Waals surface area contributed by atoms with Crippen LogP contribution < -0.4 is 21.3 Å². The first-order valence-corrected chi connectivity index (χ1v) is 9.43. The number of piperidine rings is 1. The van der Waals surface area contributed by atoms with Gasteiger partial charge in [0.05, 0.1) is 0 Å². The number of urea groups is 1. The third-order valence-corrected chi connectivity index (χ3v) is 4.67. The van der Waals surface area contributed by atoms with E-state index in [-0.39, 0.29) is 24.3 Å². The van der Waals surface area contributed by atoms with Crippen molar-refractivity contribution in [2.75, 3.05) is 29.0 Å². The second-order valence-corrected chi connectivity index (χ2v) is 6.81. The van der Waals surface area contributed by atoms with E-state index in [0.717, 1.165) is 38.0 Å². The summed E-state index contributed by atoms with van der Waals surface area (Å²) in [6, 6.07) is 16.1. The van der Waals surface area contributed by atoms with Crippen molar-refractivity contribution >= 4 is 41.4 Å². The Labute approximate surface area is 171 Å². The van der Waals surface area contributed by atoms with Gasteiger partial charge >= 0.3 is 6.03 Å². The van der Waals surface area contributed by atoms with E-state index in [1.807, 2.05) is 36.4 Å². The van der Waals surface area contributed by atoms with Crippen LogP contribution in [0.1, 0.15) is 25.7 Å². The topological polar surface area (TPSA) is 82.3 Å². The molecule has 0 unspecified atom stereocenters. The lowest BCUT2D eigenvalue weighted by atomic mass is 9.93. The van der Waals surface area contributed by atoms with Crippen molar-refractivity contribution in [1.29, 1.82) is 0 Å². The summed E-state index contributed by atoms with van der Waals surface area (Å²) in [6.45, 7) is 2.09. The number of hydrogen-bond donors (Lipinski definition) is 4. The van der Waals surface area contributed by atoms with Gasteiger partial charge in [0.15, 0.2) is 0 Å². The standard InChI is InChI=1S/C21H26N4O2.ClH/c26-20(10-9-16-11-13-22-14-12-16)23-18-7-4-8-19(15-18)25-21(27)24-17-5-2-1-3-6-17;/h1-8,15-16,22H,9-14H2,(H,23,26)(H2,24,25,27);1H. The quantitative estimate of drug-likeness (QED) is 0.575. The molecule has 2 aromatic carbocycles. The summed E-state index contributed by atoms with van der Waals surface area (Å²) in [5.41, 5.74) is 2.03. The number of carbonyl (C=O) groups is 2. The zero-order chi connectivity index (χ0) is 18.9. The van der Waals surface area contributed by atoms with Gasteiger partial charge in [0.1, 0.15) is 0 Å². The summed E-state index contributed by atoms with van der Waals surface area (Å²) in [4.78, 5) is 24.3. The van der Waals surface area contributed by atoms with Crippen LogP contribution in [0.5, 0.6) is 0 Å². The second-order valence-electron chi connectivity index (χ2n) is 6.81. The highest BCUT2D eigenvalue weighted by atomic mass is 35.5. The average Bonchev–Trinajstić information content (AvgIpc) is 2.68. The van der Waals surface area contributed by atoms with Crippen LogP contribution >= 0.6 is 12.4 Å². The molecule has 1 saturated heterocycles.